The van der Waals surface area contributed by atoms with Gasteiger partial charge in [-0.1, -0.05) is 30.3 Å². The number of carbonyl (C=O) groups is 1. The van der Waals surface area contributed by atoms with Gasteiger partial charge in [-0.15, -0.1) is 0 Å². The molecule has 0 unspecified atom stereocenters. The fourth-order valence-corrected chi connectivity index (χ4v) is 3.53. The van der Waals surface area contributed by atoms with Gasteiger partial charge in [0.15, 0.2) is 0 Å². The Morgan fingerprint density at radius 2 is 2.00 bits per heavy atom. The number of fused-ring (bicyclic) bond motifs is 1. The minimum absolute atomic E-state index is 0.0666. The second-order valence-electron chi connectivity index (χ2n) is 7.56. The number of aromatic nitrogens is 2. The quantitative estimate of drug-likeness (QED) is 0.765. The molecule has 2 aromatic carbocycles. The van der Waals surface area contributed by atoms with Crippen molar-refractivity contribution in [1.29, 1.82) is 0 Å². The Labute approximate surface area is 159 Å². The van der Waals surface area contributed by atoms with Crippen LogP contribution in [0.2, 0.25) is 0 Å². The fourth-order valence-electron chi connectivity index (χ4n) is 3.53. The molecule has 5 nitrogen and oxygen atoms in total. The third kappa shape index (κ3) is 3.87. The largest absolute Gasteiger partial charge is 0.487 e. The maximum atomic E-state index is 12.8. The monoisotopic (exact) mass is 361 g/mol. The first-order valence-electron chi connectivity index (χ1n) is 9.14. The highest BCUT2D eigenvalue weighted by molar-refractivity contribution is 5.94. The Hall–Kier alpha value is -3.08. The maximum absolute atomic E-state index is 12.8. The number of hydrogen-bond acceptors (Lipinski definition) is 3. The van der Waals surface area contributed by atoms with E-state index in [0.717, 1.165) is 29.8 Å². The smallest absolute Gasteiger partial charge is 0.251 e. The van der Waals surface area contributed by atoms with Crippen molar-refractivity contribution in [3.05, 3.63) is 83.9 Å². The van der Waals surface area contributed by atoms with Crippen LogP contribution in [0.1, 0.15) is 47.8 Å². The van der Waals surface area contributed by atoms with Crippen LogP contribution in [-0.4, -0.2) is 21.1 Å². The SMILES string of the molecule is CC1(C)C[C@@H](NC(=O)c2ccc(Cn3ccnc3)cc2)c2ccccc2O1. The lowest BCUT2D eigenvalue weighted by Crippen LogP contribution is -2.41. The van der Waals surface area contributed by atoms with Crippen LogP contribution in [0.3, 0.4) is 0 Å². The molecule has 0 aliphatic carbocycles. The summed E-state index contributed by atoms with van der Waals surface area (Å²) in [7, 11) is 0. The molecule has 5 heteroatoms. The first-order chi connectivity index (χ1) is 13.0. The number of rotatable bonds is 4. The van der Waals surface area contributed by atoms with Crippen LogP contribution in [0.5, 0.6) is 5.75 Å². The third-order valence-corrected chi connectivity index (χ3v) is 4.82. The molecule has 1 N–H and O–H groups in total. The average Bonchev–Trinajstić information content (AvgIpc) is 3.14. The van der Waals surface area contributed by atoms with Crippen molar-refractivity contribution in [1.82, 2.24) is 14.9 Å². The van der Waals surface area contributed by atoms with Crippen LogP contribution in [0.25, 0.3) is 0 Å². The second kappa shape index (κ2) is 6.91. The third-order valence-electron chi connectivity index (χ3n) is 4.82. The molecule has 1 amide bonds. The number of benzene rings is 2. The molecule has 4 rings (SSSR count). The van der Waals surface area contributed by atoms with Gasteiger partial charge >= 0.3 is 0 Å². The van der Waals surface area contributed by atoms with Gasteiger partial charge in [-0.25, -0.2) is 4.98 Å². The highest BCUT2D eigenvalue weighted by Gasteiger charge is 2.34. The Balaban J connectivity index is 1.49. The van der Waals surface area contributed by atoms with Crippen LogP contribution in [-0.2, 0) is 6.54 Å². The van der Waals surface area contributed by atoms with Crippen molar-refractivity contribution in [2.75, 3.05) is 0 Å². The molecule has 0 saturated heterocycles. The minimum atomic E-state index is -0.318. The molecule has 1 aliphatic rings. The Morgan fingerprint density at radius 1 is 1.22 bits per heavy atom. The highest BCUT2D eigenvalue weighted by Crippen LogP contribution is 2.39. The Morgan fingerprint density at radius 3 is 2.74 bits per heavy atom. The predicted octanol–water partition coefficient (Wildman–Crippen LogP) is 3.96. The number of para-hydroxylation sites is 1. The summed E-state index contributed by atoms with van der Waals surface area (Å²) in [6.45, 7) is 4.84. The van der Waals surface area contributed by atoms with E-state index < -0.39 is 0 Å². The first kappa shape index (κ1) is 17.3. The molecule has 0 fully saturated rings. The summed E-state index contributed by atoms with van der Waals surface area (Å²) < 4.78 is 8.04. The summed E-state index contributed by atoms with van der Waals surface area (Å²) in [6, 6.07) is 15.6. The molecule has 2 heterocycles. The summed E-state index contributed by atoms with van der Waals surface area (Å²) in [6.07, 6.45) is 6.19. The Kier molecular flexibility index (Phi) is 4.44. The van der Waals surface area contributed by atoms with Crippen molar-refractivity contribution < 1.29 is 9.53 Å². The van der Waals surface area contributed by atoms with Crippen LogP contribution < -0.4 is 10.1 Å². The zero-order chi connectivity index (χ0) is 18.9. The van der Waals surface area contributed by atoms with Crippen LogP contribution >= 0.6 is 0 Å². The molecule has 0 bridgehead atoms. The lowest BCUT2D eigenvalue weighted by Gasteiger charge is -2.37. The van der Waals surface area contributed by atoms with Crippen molar-refractivity contribution in [3.8, 4) is 5.75 Å². The van der Waals surface area contributed by atoms with E-state index in [0.29, 0.717) is 5.56 Å². The summed E-state index contributed by atoms with van der Waals surface area (Å²) in [5.74, 6) is 0.774. The van der Waals surface area contributed by atoms with Crippen molar-refractivity contribution in [2.24, 2.45) is 0 Å². The normalized spacial score (nSPS) is 17.6. The number of nitrogens with one attached hydrogen (secondary N) is 1. The van der Waals surface area contributed by atoms with E-state index in [1.165, 1.54) is 0 Å². The van der Waals surface area contributed by atoms with Gasteiger partial charge in [-0.2, -0.15) is 0 Å². The van der Waals surface area contributed by atoms with E-state index in [1.807, 2.05) is 73.1 Å². The van der Waals surface area contributed by atoms with E-state index in [2.05, 4.69) is 10.3 Å². The van der Waals surface area contributed by atoms with Crippen molar-refractivity contribution >= 4 is 5.91 Å². The van der Waals surface area contributed by atoms with Gasteiger partial charge < -0.3 is 14.6 Å². The minimum Gasteiger partial charge on any atom is -0.487 e. The lowest BCUT2D eigenvalue weighted by molar-refractivity contribution is 0.0619. The topological polar surface area (TPSA) is 56.2 Å². The van der Waals surface area contributed by atoms with Crippen molar-refractivity contribution in [3.63, 3.8) is 0 Å². The van der Waals surface area contributed by atoms with Gasteiger partial charge in [0, 0.05) is 36.5 Å². The number of ether oxygens (including phenoxy) is 1. The van der Waals surface area contributed by atoms with Crippen LogP contribution in [0, 0.1) is 0 Å². The molecule has 3 aromatic rings. The van der Waals surface area contributed by atoms with E-state index in [-0.39, 0.29) is 17.6 Å². The van der Waals surface area contributed by atoms with E-state index >= 15 is 0 Å². The number of carbonyl (C=O) groups excluding carboxylic acids is 1. The summed E-state index contributed by atoms with van der Waals surface area (Å²) in [5, 5.41) is 3.18. The molecule has 1 aliphatic heterocycles. The number of amides is 1. The van der Waals surface area contributed by atoms with Gasteiger partial charge in [0.25, 0.3) is 5.91 Å². The summed E-state index contributed by atoms with van der Waals surface area (Å²) in [5.41, 5.74) is 2.50. The molecule has 0 radical (unpaired) electrons. The number of hydrogen-bond donors (Lipinski definition) is 1. The van der Waals surface area contributed by atoms with Gasteiger partial charge in [0.1, 0.15) is 11.4 Å². The van der Waals surface area contributed by atoms with Crippen LogP contribution in [0.15, 0.2) is 67.3 Å². The first-order valence-corrected chi connectivity index (χ1v) is 9.14. The molecule has 0 spiro atoms. The van der Waals surface area contributed by atoms with Gasteiger partial charge in [0.2, 0.25) is 0 Å². The predicted molar refractivity (Wildman–Crippen MR) is 104 cm³/mol. The lowest BCUT2D eigenvalue weighted by atomic mass is 9.89. The molecular weight excluding hydrogens is 338 g/mol. The molecule has 1 aromatic heterocycles. The van der Waals surface area contributed by atoms with Crippen LogP contribution in [0.4, 0.5) is 0 Å². The maximum Gasteiger partial charge on any atom is 0.251 e. The zero-order valence-electron chi connectivity index (χ0n) is 15.6. The zero-order valence-corrected chi connectivity index (χ0v) is 15.6. The van der Waals surface area contributed by atoms with Gasteiger partial charge in [-0.05, 0) is 37.6 Å². The molecule has 138 valence electrons. The van der Waals surface area contributed by atoms with Crippen molar-refractivity contribution in [2.45, 2.75) is 38.5 Å². The average molecular weight is 361 g/mol. The molecule has 27 heavy (non-hydrogen) atoms. The highest BCUT2D eigenvalue weighted by atomic mass is 16.5. The van der Waals surface area contributed by atoms with E-state index in [1.54, 1.807) is 12.5 Å². The molecular formula is C22H23N3O2. The fraction of sp³-hybridized carbons (Fsp3) is 0.273. The van der Waals surface area contributed by atoms with Gasteiger partial charge in [-0.3, -0.25) is 4.79 Å². The Bertz CT molecular complexity index is 930. The number of imidazole rings is 1. The van der Waals surface area contributed by atoms with E-state index in [9.17, 15) is 4.79 Å². The molecule has 0 saturated carbocycles. The number of nitrogens with zero attached hydrogens (tertiary/aromatic N) is 2. The summed E-state index contributed by atoms with van der Waals surface area (Å²) in [4.78, 5) is 16.8. The summed E-state index contributed by atoms with van der Waals surface area (Å²) >= 11 is 0. The molecule has 1 atom stereocenters. The standard InChI is InChI=1S/C22H23N3O2/c1-22(2)13-19(18-5-3-4-6-20(18)27-22)24-21(26)17-9-7-16(8-10-17)14-25-12-11-23-15-25/h3-12,15,19H,13-14H2,1-2H3,(H,24,26)/t19-/m1/s1. The van der Waals surface area contributed by atoms with Gasteiger partial charge in [0.05, 0.1) is 12.4 Å². The van der Waals surface area contributed by atoms with E-state index in [4.69, 9.17) is 4.74 Å². The second-order valence-corrected chi connectivity index (χ2v) is 7.56.